The SMILES string of the molecule is CC(C)CCSCC(=O)Nc1cnccc1CO. The van der Waals surface area contributed by atoms with E-state index in [9.17, 15) is 4.79 Å². The van der Waals surface area contributed by atoms with Gasteiger partial charge < -0.3 is 10.4 Å². The molecule has 0 unspecified atom stereocenters. The molecule has 1 rings (SSSR count). The molecule has 18 heavy (non-hydrogen) atoms. The van der Waals surface area contributed by atoms with Gasteiger partial charge in [0.2, 0.25) is 5.91 Å². The van der Waals surface area contributed by atoms with Crippen molar-refractivity contribution in [2.45, 2.75) is 26.9 Å². The monoisotopic (exact) mass is 268 g/mol. The van der Waals surface area contributed by atoms with Gasteiger partial charge in [0.05, 0.1) is 24.2 Å². The summed E-state index contributed by atoms with van der Waals surface area (Å²) in [4.78, 5) is 15.6. The molecule has 2 N–H and O–H groups in total. The second-order valence-electron chi connectivity index (χ2n) is 4.47. The maximum Gasteiger partial charge on any atom is 0.234 e. The Morgan fingerprint density at radius 1 is 1.56 bits per heavy atom. The van der Waals surface area contributed by atoms with Crippen molar-refractivity contribution in [3.8, 4) is 0 Å². The molecule has 1 amide bonds. The van der Waals surface area contributed by atoms with Crippen LogP contribution in [0.1, 0.15) is 25.8 Å². The molecule has 0 aliphatic heterocycles. The molecular formula is C13H20N2O2S. The highest BCUT2D eigenvalue weighted by molar-refractivity contribution is 7.99. The summed E-state index contributed by atoms with van der Waals surface area (Å²) in [5.74, 6) is 2.05. The molecule has 1 aromatic rings. The van der Waals surface area contributed by atoms with Crippen molar-refractivity contribution < 1.29 is 9.90 Å². The summed E-state index contributed by atoms with van der Waals surface area (Å²) in [5.41, 5.74) is 1.28. The largest absolute Gasteiger partial charge is 0.392 e. The number of nitrogens with one attached hydrogen (secondary N) is 1. The molecule has 100 valence electrons. The topological polar surface area (TPSA) is 62.2 Å². The third-order valence-corrected chi connectivity index (χ3v) is 3.42. The summed E-state index contributed by atoms with van der Waals surface area (Å²) in [6.45, 7) is 4.24. The molecule has 1 aromatic heterocycles. The average Bonchev–Trinajstić information content (AvgIpc) is 2.35. The van der Waals surface area contributed by atoms with Gasteiger partial charge in [-0.1, -0.05) is 13.8 Å². The number of pyridine rings is 1. The minimum absolute atomic E-state index is 0.0496. The number of hydrogen-bond donors (Lipinski definition) is 2. The van der Waals surface area contributed by atoms with Gasteiger partial charge in [-0.25, -0.2) is 0 Å². The minimum atomic E-state index is -0.0986. The lowest BCUT2D eigenvalue weighted by molar-refractivity contribution is -0.113. The van der Waals surface area contributed by atoms with Crippen molar-refractivity contribution in [1.29, 1.82) is 0 Å². The number of rotatable bonds is 7. The van der Waals surface area contributed by atoms with Crippen LogP contribution < -0.4 is 5.32 Å². The molecular weight excluding hydrogens is 248 g/mol. The van der Waals surface area contributed by atoms with Crippen LogP contribution in [0.2, 0.25) is 0 Å². The van der Waals surface area contributed by atoms with Gasteiger partial charge in [-0.15, -0.1) is 0 Å². The number of thioether (sulfide) groups is 1. The number of hydrogen-bond acceptors (Lipinski definition) is 4. The lowest BCUT2D eigenvalue weighted by atomic mass is 10.2. The van der Waals surface area contributed by atoms with Crippen LogP contribution in [0, 0.1) is 5.92 Å². The molecule has 0 saturated carbocycles. The Kier molecular flexibility index (Phi) is 6.75. The van der Waals surface area contributed by atoms with E-state index < -0.39 is 0 Å². The van der Waals surface area contributed by atoms with E-state index in [1.807, 2.05) is 0 Å². The number of aliphatic hydroxyl groups is 1. The van der Waals surface area contributed by atoms with Crippen LogP contribution in [0.3, 0.4) is 0 Å². The van der Waals surface area contributed by atoms with Gasteiger partial charge in [-0.2, -0.15) is 11.8 Å². The molecule has 0 bridgehead atoms. The zero-order valence-corrected chi connectivity index (χ0v) is 11.7. The third kappa shape index (κ3) is 5.51. The Morgan fingerprint density at radius 3 is 3.00 bits per heavy atom. The van der Waals surface area contributed by atoms with Crippen molar-refractivity contribution in [3.63, 3.8) is 0 Å². The normalized spacial score (nSPS) is 10.7. The van der Waals surface area contributed by atoms with Gasteiger partial charge >= 0.3 is 0 Å². The first-order valence-electron chi connectivity index (χ1n) is 6.04. The second kappa shape index (κ2) is 8.11. The first kappa shape index (κ1) is 15.0. The number of carbonyl (C=O) groups excluding carboxylic acids is 1. The van der Waals surface area contributed by atoms with E-state index in [2.05, 4.69) is 24.1 Å². The zero-order chi connectivity index (χ0) is 13.4. The fraction of sp³-hybridized carbons (Fsp3) is 0.538. The maximum atomic E-state index is 11.7. The first-order valence-corrected chi connectivity index (χ1v) is 7.20. The zero-order valence-electron chi connectivity index (χ0n) is 10.8. The van der Waals surface area contributed by atoms with Gasteiger partial charge in [0.1, 0.15) is 0 Å². The summed E-state index contributed by atoms with van der Waals surface area (Å²) in [7, 11) is 0. The standard InChI is InChI=1S/C13H20N2O2S/c1-10(2)4-6-18-9-13(17)15-12-7-14-5-3-11(12)8-16/h3,5,7,10,16H,4,6,8-9H2,1-2H3,(H,15,17). The van der Waals surface area contributed by atoms with Crippen LogP contribution >= 0.6 is 11.8 Å². The average molecular weight is 268 g/mol. The number of anilines is 1. The molecule has 0 aromatic carbocycles. The molecule has 0 spiro atoms. The molecule has 0 aliphatic rings. The number of carbonyl (C=O) groups is 1. The quantitative estimate of drug-likeness (QED) is 0.745. The van der Waals surface area contributed by atoms with Crippen molar-refractivity contribution in [1.82, 2.24) is 4.98 Å². The van der Waals surface area contributed by atoms with Crippen LogP contribution in [0.5, 0.6) is 0 Å². The van der Waals surface area contributed by atoms with Crippen molar-refractivity contribution in [2.24, 2.45) is 5.92 Å². The Labute approximate surface area is 112 Å². The van der Waals surface area contributed by atoms with Crippen molar-refractivity contribution >= 4 is 23.4 Å². The van der Waals surface area contributed by atoms with E-state index in [1.54, 1.807) is 30.2 Å². The number of aromatic nitrogens is 1. The second-order valence-corrected chi connectivity index (χ2v) is 5.58. The summed E-state index contributed by atoms with van der Waals surface area (Å²) < 4.78 is 0. The fourth-order valence-corrected chi connectivity index (χ4v) is 2.38. The Balaban J connectivity index is 2.35. The van der Waals surface area contributed by atoms with Crippen molar-refractivity contribution in [3.05, 3.63) is 24.0 Å². The van der Waals surface area contributed by atoms with Gasteiger partial charge in [0, 0.05) is 11.8 Å². The smallest absolute Gasteiger partial charge is 0.234 e. The maximum absolute atomic E-state index is 11.7. The number of aliphatic hydroxyl groups excluding tert-OH is 1. The molecule has 0 atom stereocenters. The van der Waals surface area contributed by atoms with E-state index in [0.29, 0.717) is 22.9 Å². The molecule has 0 fully saturated rings. The van der Waals surface area contributed by atoms with E-state index in [-0.39, 0.29) is 12.5 Å². The van der Waals surface area contributed by atoms with Crippen LogP contribution in [-0.4, -0.2) is 27.5 Å². The van der Waals surface area contributed by atoms with Gasteiger partial charge in [-0.05, 0) is 24.2 Å². The molecule has 4 nitrogen and oxygen atoms in total. The lowest BCUT2D eigenvalue weighted by Crippen LogP contribution is -2.16. The van der Waals surface area contributed by atoms with Crippen LogP contribution in [0.4, 0.5) is 5.69 Å². The predicted molar refractivity (Wildman–Crippen MR) is 75.6 cm³/mol. The van der Waals surface area contributed by atoms with E-state index in [0.717, 1.165) is 12.2 Å². The highest BCUT2D eigenvalue weighted by Crippen LogP contribution is 2.14. The fourth-order valence-electron chi connectivity index (χ4n) is 1.34. The third-order valence-electron chi connectivity index (χ3n) is 2.43. The Hall–Kier alpha value is -1.07. The lowest BCUT2D eigenvalue weighted by Gasteiger charge is -2.08. The number of nitrogens with zero attached hydrogens (tertiary/aromatic N) is 1. The van der Waals surface area contributed by atoms with Gasteiger partial charge in [-0.3, -0.25) is 9.78 Å². The molecule has 0 saturated heterocycles. The Morgan fingerprint density at radius 2 is 2.33 bits per heavy atom. The summed E-state index contributed by atoms with van der Waals surface area (Å²) >= 11 is 1.63. The molecule has 0 radical (unpaired) electrons. The van der Waals surface area contributed by atoms with Crippen LogP contribution in [0.15, 0.2) is 18.5 Å². The predicted octanol–water partition coefficient (Wildman–Crippen LogP) is 2.29. The Bertz CT molecular complexity index is 383. The molecule has 5 heteroatoms. The molecule has 1 heterocycles. The molecule has 0 aliphatic carbocycles. The summed E-state index contributed by atoms with van der Waals surface area (Å²) in [5, 5.41) is 11.9. The van der Waals surface area contributed by atoms with E-state index in [1.165, 1.54) is 0 Å². The first-order chi connectivity index (χ1) is 8.63. The van der Waals surface area contributed by atoms with Crippen LogP contribution in [-0.2, 0) is 11.4 Å². The minimum Gasteiger partial charge on any atom is -0.392 e. The summed E-state index contributed by atoms with van der Waals surface area (Å²) in [6, 6.07) is 1.70. The highest BCUT2D eigenvalue weighted by Gasteiger charge is 2.06. The van der Waals surface area contributed by atoms with E-state index >= 15 is 0 Å². The highest BCUT2D eigenvalue weighted by atomic mass is 32.2. The summed E-state index contributed by atoms with van der Waals surface area (Å²) in [6.07, 6.45) is 4.27. The van der Waals surface area contributed by atoms with E-state index in [4.69, 9.17) is 5.11 Å². The van der Waals surface area contributed by atoms with Crippen LogP contribution in [0.25, 0.3) is 0 Å². The number of amides is 1. The van der Waals surface area contributed by atoms with Gasteiger partial charge in [0.15, 0.2) is 0 Å². The van der Waals surface area contributed by atoms with Crippen molar-refractivity contribution in [2.75, 3.05) is 16.8 Å². The van der Waals surface area contributed by atoms with Gasteiger partial charge in [0.25, 0.3) is 0 Å².